The second-order valence-corrected chi connectivity index (χ2v) is 32.5. The van der Waals surface area contributed by atoms with E-state index in [0.29, 0.717) is 117 Å². The third-order valence-corrected chi connectivity index (χ3v) is 23.2. The number of hydrogen-bond acceptors (Lipinski definition) is 20. The molecule has 8 amide bonds. The smallest absolute Gasteiger partial charge is 0.337 e. The number of methoxy groups -OCH3 is 1. The first-order valence-corrected chi connectivity index (χ1v) is 43.5. The molecule has 136 heavy (non-hydrogen) atoms. The van der Waals surface area contributed by atoms with Crippen LogP contribution in [0.4, 0.5) is 23.3 Å². The number of anilines is 4. The van der Waals surface area contributed by atoms with Crippen molar-refractivity contribution in [3.8, 4) is 62.1 Å². The van der Waals surface area contributed by atoms with Crippen LogP contribution >= 0.6 is 0 Å². The zero-order chi connectivity index (χ0) is 97.1. The molecule has 16 rings (SSSR count). The average molecular weight is 1830 g/mol. The number of aliphatic hydroxyl groups excluding tert-OH is 2. The summed E-state index contributed by atoms with van der Waals surface area (Å²) in [6, 6.07) is 80.1. The van der Waals surface area contributed by atoms with Crippen molar-refractivity contribution in [2.75, 3.05) is 30.0 Å². The fourth-order valence-corrected chi connectivity index (χ4v) is 15.7. The third kappa shape index (κ3) is 22.4. The van der Waals surface area contributed by atoms with Gasteiger partial charge in [0.05, 0.1) is 48.5 Å². The van der Waals surface area contributed by atoms with Crippen LogP contribution in [0.1, 0.15) is 181 Å². The molecular formula is C104H104N20O12. The van der Waals surface area contributed by atoms with Crippen LogP contribution in [0.5, 0.6) is 0 Å². The van der Waals surface area contributed by atoms with Crippen LogP contribution in [-0.4, -0.2) is 116 Å². The number of aromatic nitrogens is 8. The second-order valence-electron chi connectivity index (χ2n) is 32.5. The summed E-state index contributed by atoms with van der Waals surface area (Å²) in [6.07, 6.45) is 2.61. The number of aliphatic hydroxyl groups is 2. The lowest BCUT2D eigenvalue weighted by Gasteiger charge is -2.26. The SMILES string of the molecule is COC(=O)c1ccc(-n2nc(-c3ccc(CNC(=O)c4ccccc4C)cc3)c(C(N)=O)c2N)cc1.Cc1ccccc1C(=O)NCc1ccc(-c2nn(-c3ccc(CO)cc3)c(N)c2C(N)=O)cc1.Cc1ccccc1C(=O)NCc1ccc(-c2nn(-c3ccccc3C)c(N)c2C(N)=O)cc1.Cc1ccccc1C(=O)NCc1ccc(-c2nn(C3CCCC(O)C3)c(N)c2C(N)=O)cc1. The van der Waals surface area contributed by atoms with E-state index >= 15 is 0 Å². The Balaban J connectivity index is 0.000000153. The van der Waals surface area contributed by atoms with Crippen LogP contribution in [0, 0.1) is 34.6 Å². The molecule has 2 atom stereocenters. The summed E-state index contributed by atoms with van der Waals surface area (Å²) in [4.78, 5) is 110. The third-order valence-electron chi connectivity index (χ3n) is 23.2. The normalized spacial score (nSPS) is 12.5. The average Bonchev–Trinajstić information content (AvgIpc) is 1.63. The lowest BCUT2D eigenvalue weighted by atomic mass is 9.93. The molecule has 2 unspecified atom stereocenters. The number of amides is 8. The zero-order valence-corrected chi connectivity index (χ0v) is 75.6. The van der Waals surface area contributed by atoms with Crippen molar-refractivity contribution in [1.82, 2.24) is 60.4 Å². The molecule has 32 heteroatoms. The molecule has 0 radical (unpaired) electrons. The Bertz CT molecular complexity index is 6940. The number of ether oxygens (including phenoxy) is 1. The highest BCUT2D eigenvalue weighted by Crippen LogP contribution is 2.38. The van der Waals surface area contributed by atoms with Gasteiger partial charge in [-0.3, -0.25) is 38.4 Å². The first-order chi connectivity index (χ1) is 65.4. The highest BCUT2D eigenvalue weighted by molar-refractivity contribution is 6.07. The highest BCUT2D eigenvalue weighted by Gasteiger charge is 2.31. The Labute approximate surface area is 783 Å². The maximum Gasteiger partial charge on any atom is 0.337 e. The van der Waals surface area contributed by atoms with E-state index in [1.54, 1.807) is 94.3 Å². The van der Waals surface area contributed by atoms with Crippen LogP contribution in [0.2, 0.25) is 0 Å². The predicted octanol–water partition coefficient (Wildman–Crippen LogP) is 12.9. The molecular weight excluding hydrogens is 1720 g/mol. The highest BCUT2D eigenvalue weighted by atomic mass is 16.5. The van der Waals surface area contributed by atoms with Gasteiger partial charge in [-0.05, 0) is 183 Å². The molecule has 32 nitrogen and oxygen atoms in total. The molecule has 0 aliphatic heterocycles. The number of benzene rings is 11. The van der Waals surface area contributed by atoms with Gasteiger partial charge in [-0.25, -0.2) is 23.5 Å². The number of nitrogens with one attached hydrogen (secondary N) is 4. The number of nitrogen functional groups attached to an aromatic ring is 4. The first kappa shape index (κ1) is 96.2. The molecule has 1 fully saturated rings. The van der Waals surface area contributed by atoms with Crippen LogP contribution in [0.15, 0.2) is 267 Å². The summed E-state index contributed by atoms with van der Waals surface area (Å²) >= 11 is 0. The van der Waals surface area contributed by atoms with Gasteiger partial charge >= 0.3 is 5.97 Å². The van der Waals surface area contributed by atoms with E-state index in [-0.39, 0.29) is 81.8 Å². The quantitative estimate of drug-likeness (QED) is 0.0224. The number of aryl methyl sites for hydroxylation is 5. The van der Waals surface area contributed by atoms with Crippen molar-refractivity contribution in [2.45, 2.75) is 105 Å². The maximum absolute atomic E-state index is 12.5. The van der Waals surface area contributed by atoms with E-state index in [2.05, 4.69) is 41.7 Å². The molecule has 1 saturated carbocycles. The Morgan fingerprint density at radius 3 is 0.949 bits per heavy atom. The molecule has 1 aliphatic rings. The molecule has 0 spiro atoms. The number of primary amides is 4. The van der Waals surface area contributed by atoms with Crippen molar-refractivity contribution >= 4 is 76.5 Å². The van der Waals surface area contributed by atoms with Crippen molar-refractivity contribution in [2.24, 2.45) is 22.9 Å². The van der Waals surface area contributed by atoms with E-state index in [4.69, 9.17) is 50.6 Å². The Morgan fingerprint density at radius 1 is 0.353 bits per heavy atom. The summed E-state index contributed by atoms with van der Waals surface area (Å²) in [6.45, 7) is 10.9. The lowest BCUT2D eigenvalue weighted by Crippen LogP contribution is -2.24. The van der Waals surface area contributed by atoms with Gasteiger partial charge in [0.2, 0.25) is 0 Å². The van der Waals surface area contributed by atoms with Crippen molar-refractivity contribution in [1.29, 1.82) is 0 Å². The fourth-order valence-electron chi connectivity index (χ4n) is 15.7. The lowest BCUT2D eigenvalue weighted by molar-refractivity contribution is 0.0599. The standard InChI is InChI=1S/C27H25N5O4.C26H25N5O3.C26H25N5O2.C25H29N5O3/c1-16-5-3-4-6-21(16)26(34)30-15-17-7-9-18(10-8-17)23-22(25(29)33)24(28)32(31-23)20-13-11-19(12-14-20)27(35)36-2;1-16-4-2-3-5-21(16)26(34)29-14-17-6-10-19(11-7-17)23-22(25(28)33)24(27)31(30-23)20-12-8-18(15-32)9-13-20;1-16-7-3-5-9-20(16)26(33)29-15-18-11-13-19(14-12-18)23-22(25(28)32)24(27)31(30-23)21-10-6-4-8-17(21)2;1-15-5-2-3-8-20(15)25(33)28-14-16-9-11-17(12-10-16)22-21(24(27)32)23(26)30(29-22)18-6-4-7-19(31)13-18/h3-14H,15,28H2,1-2H3,(H2,29,33)(H,30,34);2-13,32H,14-15,27H2,1H3,(H2,28,33)(H,29,34);3-14H,15,27H2,1-2H3,(H2,28,32)(H,29,33);2-3,5,8-12,18-19,31H,4,6-7,13-14,26H2,1H3,(H2,27,32)(H,28,33). The van der Waals surface area contributed by atoms with Gasteiger partial charge < -0.3 is 82.1 Å². The van der Waals surface area contributed by atoms with E-state index in [9.17, 15) is 53.4 Å². The molecule has 4 aromatic heterocycles. The van der Waals surface area contributed by atoms with Crippen LogP contribution in [0.3, 0.4) is 0 Å². The second kappa shape index (κ2) is 43.6. The van der Waals surface area contributed by atoms with Gasteiger partial charge in [0.1, 0.15) is 68.3 Å². The summed E-state index contributed by atoms with van der Waals surface area (Å²) in [5.41, 5.74) is 66.2. The molecule has 15 aromatic rings. The van der Waals surface area contributed by atoms with Gasteiger partial charge in [0, 0.05) is 70.7 Å². The van der Waals surface area contributed by atoms with Crippen molar-refractivity contribution in [3.63, 3.8) is 0 Å². The van der Waals surface area contributed by atoms with Gasteiger partial charge in [-0.15, -0.1) is 0 Å². The zero-order valence-electron chi connectivity index (χ0n) is 75.6. The molecule has 4 heterocycles. The summed E-state index contributed by atoms with van der Waals surface area (Å²) in [5, 5.41) is 49.3. The molecule has 692 valence electrons. The minimum atomic E-state index is -0.713. The van der Waals surface area contributed by atoms with Crippen molar-refractivity contribution < 1.29 is 58.1 Å². The summed E-state index contributed by atoms with van der Waals surface area (Å²) in [7, 11) is 1.30. The Kier molecular flexibility index (Phi) is 30.8. The number of rotatable bonds is 26. The molecule has 22 N–H and O–H groups in total. The van der Waals surface area contributed by atoms with Crippen LogP contribution in [-0.2, 0) is 37.5 Å². The molecule has 11 aromatic carbocycles. The number of nitrogens with zero attached hydrogens (tertiary/aromatic N) is 8. The van der Waals surface area contributed by atoms with Crippen molar-refractivity contribution in [3.05, 3.63) is 373 Å². The number of nitrogens with two attached hydrogens (primary N) is 8. The first-order valence-electron chi connectivity index (χ1n) is 43.5. The minimum Gasteiger partial charge on any atom is -0.465 e. The van der Waals surface area contributed by atoms with Gasteiger partial charge in [0.25, 0.3) is 47.3 Å². The monoisotopic (exact) mass is 1820 g/mol. The van der Waals surface area contributed by atoms with Crippen LogP contribution < -0.4 is 67.1 Å². The number of para-hydroxylation sites is 1. The summed E-state index contributed by atoms with van der Waals surface area (Å²) in [5.74, 6) is -3.06. The fraction of sp³-hybridized carbons (Fsp3) is 0.163. The number of esters is 1. The van der Waals surface area contributed by atoms with E-state index in [0.717, 1.165) is 80.6 Å². The van der Waals surface area contributed by atoms with E-state index in [1.165, 1.54) is 16.5 Å². The molecule has 0 saturated heterocycles. The Morgan fingerprint density at radius 2 is 0.640 bits per heavy atom. The van der Waals surface area contributed by atoms with Gasteiger partial charge in [-0.1, -0.05) is 200 Å². The molecule has 1 aliphatic carbocycles. The largest absolute Gasteiger partial charge is 0.465 e. The van der Waals surface area contributed by atoms with Gasteiger partial charge in [0.15, 0.2) is 0 Å². The van der Waals surface area contributed by atoms with Crippen LogP contribution in [0.25, 0.3) is 62.1 Å². The number of carbonyl (C=O) groups is 9. The number of carbonyl (C=O) groups excluding carboxylic acids is 9. The summed E-state index contributed by atoms with van der Waals surface area (Å²) < 4.78 is 10.7. The maximum atomic E-state index is 12.5. The Hall–Kier alpha value is -17.4. The minimum absolute atomic E-state index is 0.0727. The predicted molar refractivity (Wildman–Crippen MR) is 521 cm³/mol. The van der Waals surface area contributed by atoms with E-state index < -0.39 is 35.7 Å². The molecule has 0 bridgehead atoms. The van der Waals surface area contributed by atoms with E-state index in [1.807, 2.05) is 217 Å². The number of hydrogen-bond donors (Lipinski definition) is 14. The van der Waals surface area contributed by atoms with Gasteiger partial charge in [-0.2, -0.15) is 20.4 Å². The topological polar surface area (TPSA) is 531 Å².